The zero-order chi connectivity index (χ0) is 21.6. The molecular weight excluding hydrogens is 408 g/mol. The molecule has 0 aromatic heterocycles. The van der Waals surface area contributed by atoms with Crippen LogP contribution in [-0.4, -0.2) is 43.0 Å². The van der Waals surface area contributed by atoms with E-state index < -0.39 is 0 Å². The quantitative estimate of drug-likeness (QED) is 0.580. The zero-order valence-electron chi connectivity index (χ0n) is 18.4. The first-order valence-electron chi connectivity index (χ1n) is 11.6. The lowest BCUT2D eigenvalue weighted by atomic mass is 9.80. The van der Waals surface area contributed by atoms with Crippen molar-refractivity contribution < 1.29 is 9.53 Å². The first kappa shape index (κ1) is 22.2. The number of fused-ring (bicyclic) bond motifs is 1. The molecule has 0 spiro atoms. The van der Waals surface area contributed by atoms with E-state index in [0.29, 0.717) is 29.7 Å². The Morgan fingerprint density at radius 1 is 1.10 bits per heavy atom. The number of carbonyl (C=O) groups excluding carboxylic acids is 1. The van der Waals surface area contributed by atoms with Gasteiger partial charge in [0, 0.05) is 24.2 Å². The number of carbonyl (C=O) groups is 1. The van der Waals surface area contributed by atoms with Crippen molar-refractivity contribution in [2.24, 2.45) is 5.92 Å². The van der Waals surface area contributed by atoms with E-state index in [0.717, 1.165) is 25.7 Å². The minimum atomic E-state index is -0.147. The van der Waals surface area contributed by atoms with Crippen LogP contribution >= 0.6 is 11.6 Å². The largest absolute Gasteiger partial charge is 0.491 e. The molecule has 2 aliphatic rings. The highest BCUT2D eigenvalue weighted by Gasteiger charge is 2.37. The summed E-state index contributed by atoms with van der Waals surface area (Å²) in [5, 5.41) is 4.31. The van der Waals surface area contributed by atoms with Gasteiger partial charge in [0.25, 0.3) is 0 Å². The summed E-state index contributed by atoms with van der Waals surface area (Å²) >= 11 is 6.22. The maximum absolute atomic E-state index is 13.7. The fourth-order valence-electron chi connectivity index (χ4n) is 5.05. The summed E-state index contributed by atoms with van der Waals surface area (Å²) in [6.45, 7) is 1.17. The number of nitrogens with zero attached hydrogens (tertiary/aromatic N) is 1. The normalized spacial score (nSPS) is 20.0. The second kappa shape index (κ2) is 10.5. The standard InChI is InChI=1S/C26H33ClN2O2/c1-29(17-18-31-24-14-8-6-12-21(24)27)25(26(30)20-10-3-2-4-11-20)23-16-15-19-9-5-7-13-22(19)28-23/h5-9,12-14,20,23,25,28H,2-4,10-11,15-18H2,1H3. The van der Waals surface area contributed by atoms with E-state index in [-0.39, 0.29) is 18.0 Å². The van der Waals surface area contributed by atoms with Crippen LogP contribution in [0.25, 0.3) is 0 Å². The number of anilines is 1. The average Bonchev–Trinajstić information content (AvgIpc) is 2.81. The summed E-state index contributed by atoms with van der Waals surface area (Å²) in [5.41, 5.74) is 2.51. The Labute approximate surface area is 190 Å². The summed E-state index contributed by atoms with van der Waals surface area (Å²) in [5.74, 6) is 1.28. The fourth-order valence-corrected chi connectivity index (χ4v) is 5.24. The molecule has 2 aromatic rings. The van der Waals surface area contributed by atoms with Crippen molar-refractivity contribution in [1.29, 1.82) is 0 Å². The van der Waals surface area contributed by atoms with Crippen LogP contribution in [0.5, 0.6) is 5.75 Å². The highest BCUT2D eigenvalue weighted by molar-refractivity contribution is 6.32. The minimum absolute atomic E-state index is 0.120. The molecule has 1 saturated carbocycles. The predicted molar refractivity (Wildman–Crippen MR) is 127 cm³/mol. The number of Topliss-reactive ketones (excluding diaryl/α,β-unsaturated/α-hetero) is 1. The molecule has 1 aliphatic heterocycles. The van der Waals surface area contributed by atoms with Gasteiger partial charge in [-0.25, -0.2) is 0 Å². The molecule has 0 radical (unpaired) electrons. The second-order valence-corrected chi connectivity index (χ2v) is 9.30. The van der Waals surface area contributed by atoms with Crippen LogP contribution in [0.1, 0.15) is 44.1 Å². The summed E-state index contributed by atoms with van der Waals surface area (Å²) in [4.78, 5) is 15.9. The van der Waals surface area contributed by atoms with E-state index >= 15 is 0 Å². The number of para-hydroxylation sites is 2. The van der Waals surface area contributed by atoms with Crippen LogP contribution in [0, 0.1) is 5.92 Å². The Hall–Kier alpha value is -2.04. The Morgan fingerprint density at radius 3 is 2.65 bits per heavy atom. The lowest BCUT2D eigenvalue weighted by molar-refractivity contribution is -0.129. The summed E-state index contributed by atoms with van der Waals surface area (Å²) in [6, 6.07) is 16.0. The lowest BCUT2D eigenvalue weighted by Gasteiger charge is -2.39. The van der Waals surface area contributed by atoms with Crippen LogP contribution in [-0.2, 0) is 11.2 Å². The number of aryl methyl sites for hydroxylation is 1. The van der Waals surface area contributed by atoms with Gasteiger partial charge in [-0.05, 0) is 56.5 Å². The predicted octanol–water partition coefficient (Wildman–Crippen LogP) is 5.60. The molecule has 2 aromatic carbocycles. The molecule has 5 heteroatoms. The SMILES string of the molecule is CN(CCOc1ccccc1Cl)C(C(=O)C1CCCCC1)C1CCc2ccccc2N1. The van der Waals surface area contributed by atoms with Crippen molar-refractivity contribution in [3.05, 3.63) is 59.1 Å². The van der Waals surface area contributed by atoms with Gasteiger partial charge in [0.15, 0.2) is 5.78 Å². The molecule has 1 fully saturated rings. The third-order valence-electron chi connectivity index (χ3n) is 6.78. The molecule has 0 amide bonds. The highest BCUT2D eigenvalue weighted by Crippen LogP contribution is 2.31. The molecule has 2 unspecified atom stereocenters. The maximum Gasteiger partial charge on any atom is 0.155 e. The number of hydrogen-bond acceptors (Lipinski definition) is 4. The monoisotopic (exact) mass is 440 g/mol. The number of benzene rings is 2. The molecule has 31 heavy (non-hydrogen) atoms. The summed E-state index contributed by atoms with van der Waals surface area (Å²) in [6.07, 6.45) is 7.63. The first-order valence-corrected chi connectivity index (χ1v) is 12.0. The molecule has 1 aliphatic carbocycles. The van der Waals surface area contributed by atoms with Crippen LogP contribution in [0.2, 0.25) is 5.02 Å². The molecule has 4 nitrogen and oxygen atoms in total. The molecule has 1 N–H and O–H groups in total. The van der Waals surface area contributed by atoms with Crippen LogP contribution < -0.4 is 10.1 Å². The topological polar surface area (TPSA) is 41.6 Å². The molecule has 0 bridgehead atoms. The lowest BCUT2D eigenvalue weighted by Crippen LogP contribution is -2.54. The molecule has 1 heterocycles. The third kappa shape index (κ3) is 5.42. The van der Waals surface area contributed by atoms with Gasteiger partial charge < -0.3 is 10.1 Å². The second-order valence-electron chi connectivity index (χ2n) is 8.89. The number of ether oxygens (including phenoxy) is 1. The van der Waals surface area contributed by atoms with E-state index in [1.54, 1.807) is 0 Å². The van der Waals surface area contributed by atoms with Gasteiger partial charge in [0.1, 0.15) is 12.4 Å². The van der Waals surface area contributed by atoms with Crippen molar-refractivity contribution >= 4 is 23.1 Å². The Morgan fingerprint density at radius 2 is 1.84 bits per heavy atom. The molecule has 2 atom stereocenters. The fraction of sp³-hybridized carbons (Fsp3) is 0.500. The number of ketones is 1. The van der Waals surface area contributed by atoms with E-state index in [4.69, 9.17) is 16.3 Å². The number of hydrogen-bond donors (Lipinski definition) is 1. The number of likely N-dealkylation sites (N-methyl/N-ethyl adjacent to an activating group) is 1. The van der Waals surface area contributed by atoms with Crippen molar-refractivity contribution in [2.75, 3.05) is 25.5 Å². The summed E-state index contributed by atoms with van der Waals surface area (Å²) in [7, 11) is 2.06. The van der Waals surface area contributed by atoms with Crippen molar-refractivity contribution in [1.82, 2.24) is 4.90 Å². The van der Waals surface area contributed by atoms with Crippen molar-refractivity contribution in [3.63, 3.8) is 0 Å². The smallest absolute Gasteiger partial charge is 0.155 e. The van der Waals surface area contributed by atoms with Gasteiger partial charge in [-0.3, -0.25) is 9.69 Å². The van der Waals surface area contributed by atoms with Crippen molar-refractivity contribution in [2.45, 2.75) is 57.0 Å². The minimum Gasteiger partial charge on any atom is -0.491 e. The summed E-state index contributed by atoms with van der Waals surface area (Å²) < 4.78 is 5.92. The van der Waals surface area contributed by atoms with Gasteiger partial charge in [0.2, 0.25) is 0 Å². The van der Waals surface area contributed by atoms with E-state index in [9.17, 15) is 4.79 Å². The van der Waals surface area contributed by atoms with Crippen LogP contribution in [0.4, 0.5) is 5.69 Å². The van der Waals surface area contributed by atoms with Crippen LogP contribution in [0.15, 0.2) is 48.5 Å². The molecule has 4 rings (SSSR count). The number of nitrogens with one attached hydrogen (secondary N) is 1. The number of halogens is 1. The average molecular weight is 441 g/mol. The number of rotatable bonds is 8. The first-order chi connectivity index (χ1) is 15.1. The van der Waals surface area contributed by atoms with Gasteiger partial charge in [-0.2, -0.15) is 0 Å². The van der Waals surface area contributed by atoms with E-state index in [1.165, 1.54) is 30.5 Å². The van der Waals surface area contributed by atoms with Gasteiger partial charge in [-0.1, -0.05) is 61.2 Å². The van der Waals surface area contributed by atoms with Gasteiger partial charge >= 0.3 is 0 Å². The van der Waals surface area contributed by atoms with E-state index in [2.05, 4.69) is 41.5 Å². The van der Waals surface area contributed by atoms with Crippen molar-refractivity contribution in [3.8, 4) is 5.75 Å². The Bertz CT molecular complexity index is 881. The van der Waals surface area contributed by atoms with Gasteiger partial charge in [-0.15, -0.1) is 0 Å². The molecular formula is C26H33ClN2O2. The molecule has 166 valence electrons. The highest BCUT2D eigenvalue weighted by atomic mass is 35.5. The molecule has 0 saturated heterocycles. The third-order valence-corrected chi connectivity index (χ3v) is 7.09. The van der Waals surface area contributed by atoms with Gasteiger partial charge in [0.05, 0.1) is 11.1 Å². The Balaban J connectivity index is 1.46. The van der Waals surface area contributed by atoms with E-state index in [1.807, 2.05) is 24.3 Å². The Kier molecular flexibility index (Phi) is 7.52. The van der Waals surface area contributed by atoms with Crippen LogP contribution in [0.3, 0.4) is 0 Å². The maximum atomic E-state index is 13.7. The zero-order valence-corrected chi connectivity index (χ0v) is 19.1.